The summed E-state index contributed by atoms with van der Waals surface area (Å²) in [4.78, 5) is 23.0. The van der Waals surface area contributed by atoms with Crippen molar-refractivity contribution in [2.24, 2.45) is 5.92 Å². The second kappa shape index (κ2) is 5.90. The number of carbonyl (C=O) groups is 2. The van der Waals surface area contributed by atoms with E-state index in [2.05, 4.69) is 5.32 Å². The Labute approximate surface area is 124 Å². The fourth-order valence-electron chi connectivity index (χ4n) is 1.36. The lowest BCUT2D eigenvalue weighted by atomic mass is 10.0. The Kier molecular flexibility index (Phi) is 5.23. The molecule has 1 aliphatic heterocycles. The fraction of sp³-hybridized carbons (Fsp3) is 0.600. The van der Waals surface area contributed by atoms with Crippen molar-refractivity contribution < 1.29 is 14.7 Å². The lowest BCUT2D eigenvalue weighted by Gasteiger charge is -2.26. The van der Waals surface area contributed by atoms with Gasteiger partial charge in [0, 0.05) is 5.03 Å². The Morgan fingerprint density at radius 1 is 1.56 bits per heavy atom. The summed E-state index contributed by atoms with van der Waals surface area (Å²) in [6.45, 7) is 3.37. The molecule has 1 rings (SSSR count). The molecule has 0 aromatic carbocycles. The predicted octanol–water partition coefficient (Wildman–Crippen LogP) is 2.58. The number of hydrogen-bond donors (Lipinski definition) is 2. The molecular formula is C10H12Cl3NO3S. The number of rotatable bonds is 4. The van der Waals surface area contributed by atoms with Gasteiger partial charge in [-0.05, 0) is 11.3 Å². The summed E-state index contributed by atoms with van der Waals surface area (Å²) in [5, 5.41) is 12.3. The third-order valence-corrected chi connectivity index (χ3v) is 5.61. The number of amides is 1. The zero-order valence-corrected chi connectivity index (χ0v) is 12.7. The molecule has 1 amide bonds. The molecule has 0 aliphatic carbocycles. The summed E-state index contributed by atoms with van der Waals surface area (Å²) < 4.78 is -1.50. The first kappa shape index (κ1) is 16.0. The van der Waals surface area contributed by atoms with Crippen molar-refractivity contribution in [1.29, 1.82) is 0 Å². The molecular weight excluding hydrogens is 321 g/mol. The van der Waals surface area contributed by atoms with Crippen molar-refractivity contribution in [3.8, 4) is 0 Å². The van der Waals surface area contributed by atoms with Crippen LogP contribution in [0.25, 0.3) is 0 Å². The number of allylic oxidation sites excluding steroid dienone is 1. The van der Waals surface area contributed by atoms with Gasteiger partial charge in [0.2, 0.25) is 0 Å². The zero-order chi connectivity index (χ0) is 14.1. The molecule has 0 aromatic heterocycles. The highest BCUT2D eigenvalue weighted by molar-refractivity contribution is 8.06. The molecule has 4 nitrogen and oxygen atoms in total. The van der Waals surface area contributed by atoms with E-state index in [0.29, 0.717) is 0 Å². The predicted molar refractivity (Wildman–Crippen MR) is 74.2 cm³/mol. The van der Waals surface area contributed by atoms with Gasteiger partial charge in [-0.2, -0.15) is 0 Å². The molecule has 102 valence electrons. The van der Waals surface area contributed by atoms with Gasteiger partial charge in [0.1, 0.15) is 11.4 Å². The van der Waals surface area contributed by atoms with Crippen LogP contribution >= 0.6 is 46.6 Å². The third-order valence-electron chi connectivity index (χ3n) is 2.44. The quantitative estimate of drug-likeness (QED) is 0.777. The highest BCUT2D eigenvalue weighted by Gasteiger charge is 2.50. The Morgan fingerprint density at radius 2 is 2.11 bits per heavy atom. The number of aliphatic carboxylic acids is 1. The molecule has 0 bridgehead atoms. The summed E-state index contributed by atoms with van der Waals surface area (Å²) in [6.07, 6.45) is 0. The number of carboxylic acid groups (broad SMARTS) is 1. The van der Waals surface area contributed by atoms with Crippen LogP contribution in [0.15, 0.2) is 10.4 Å². The Morgan fingerprint density at radius 3 is 2.44 bits per heavy atom. The van der Waals surface area contributed by atoms with E-state index in [1.807, 2.05) is 0 Å². The summed E-state index contributed by atoms with van der Waals surface area (Å²) in [5.74, 6) is -2.04. The van der Waals surface area contributed by atoms with Crippen LogP contribution in [0.3, 0.4) is 0 Å². The van der Waals surface area contributed by atoms with E-state index in [4.69, 9.17) is 39.9 Å². The molecule has 3 atom stereocenters. The van der Waals surface area contributed by atoms with Gasteiger partial charge in [-0.3, -0.25) is 4.79 Å². The van der Waals surface area contributed by atoms with Crippen molar-refractivity contribution in [3.05, 3.63) is 10.4 Å². The molecule has 0 saturated heterocycles. The summed E-state index contributed by atoms with van der Waals surface area (Å²) in [5.41, 5.74) is 0. The number of hydrogen-bond acceptors (Lipinski definition) is 3. The smallest absolute Gasteiger partial charge is 0.326 e. The van der Waals surface area contributed by atoms with Gasteiger partial charge in [0.05, 0.1) is 0 Å². The standard InChI is InChI=1S/C10H12Cl3NO3S/c1-4(2)6(8(15)16)14-9(17)10(13)7(12)5(11)3-18-10/h3-4,6-7H,1-2H3,(H,14,17)(H,15,16)/t6-,7?,10?/m0/s1. The summed E-state index contributed by atoms with van der Waals surface area (Å²) >= 11 is 18.8. The number of halogens is 3. The van der Waals surface area contributed by atoms with Gasteiger partial charge < -0.3 is 10.4 Å². The van der Waals surface area contributed by atoms with Gasteiger partial charge in [0.15, 0.2) is 4.21 Å². The molecule has 2 N–H and O–H groups in total. The van der Waals surface area contributed by atoms with Gasteiger partial charge in [-0.15, -0.1) is 11.6 Å². The molecule has 8 heteroatoms. The molecule has 0 spiro atoms. The maximum absolute atomic E-state index is 12.0. The Balaban J connectivity index is 2.80. The fourth-order valence-corrected chi connectivity index (χ4v) is 3.31. The zero-order valence-electron chi connectivity index (χ0n) is 9.62. The first-order valence-electron chi connectivity index (χ1n) is 5.10. The van der Waals surface area contributed by atoms with Crippen LogP contribution in [0.2, 0.25) is 0 Å². The van der Waals surface area contributed by atoms with Gasteiger partial charge in [-0.25, -0.2) is 4.79 Å². The van der Waals surface area contributed by atoms with E-state index in [0.717, 1.165) is 11.8 Å². The molecule has 0 saturated carbocycles. The maximum Gasteiger partial charge on any atom is 0.326 e. The van der Waals surface area contributed by atoms with Crippen molar-refractivity contribution >= 4 is 58.4 Å². The van der Waals surface area contributed by atoms with Gasteiger partial charge in [0.25, 0.3) is 5.91 Å². The van der Waals surface area contributed by atoms with Crippen LogP contribution in [-0.2, 0) is 9.59 Å². The van der Waals surface area contributed by atoms with Crippen LogP contribution in [0.4, 0.5) is 0 Å². The molecule has 18 heavy (non-hydrogen) atoms. The maximum atomic E-state index is 12.0. The average molecular weight is 333 g/mol. The third kappa shape index (κ3) is 3.07. The first-order valence-corrected chi connectivity index (χ1v) is 7.17. The molecule has 0 radical (unpaired) electrons. The molecule has 1 aliphatic rings. The van der Waals surface area contributed by atoms with E-state index in [9.17, 15) is 9.59 Å². The monoisotopic (exact) mass is 331 g/mol. The number of carboxylic acids is 1. The van der Waals surface area contributed by atoms with E-state index in [-0.39, 0.29) is 11.0 Å². The minimum atomic E-state index is -1.50. The second-order valence-electron chi connectivity index (χ2n) is 4.16. The largest absolute Gasteiger partial charge is 0.480 e. The highest BCUT2D eigenvalue weighted by atomic mass is 35.5. The minimum Gasteiger partial charge on any atom is -0.480 e. The molecule has 1 heterocycles. The average Bonchev–Trinajstić information content (AvgIpc) is 2.54. The van der Waals surface area contributed by atoms with E-state index in [1.165, 1.54) is 5.41 Å². The van der Waals surface area contributed by atoms with E-state index in [1.54, 1.807) is 13.8 Å². The summed E-state index contributed by atoms with van der Waals surface area (Å²) in [7, 11) is 0. The van der Waals surface area contributed by atoms with E-state index < -0.39 is 27.5 Å². The van der Waals surface area contributed by atoms with Crippen molar-refractivity contribution in [2.75, 3.05) is 0 Å². The molecule has 0 aromatic rings. The number of nitrogens with one attached hydrogen (secondary N) is 1. The lowest BCUT2D eigenvalue weighted by molar-refractivity contribution is -0.143. The van der Waals surface area contributed by atoms with Crippen LogP contribution in [0, 0.1) is 5.92 Å². The lowest BCUT2D eigenvalue weighted by Crippen LogP contribution is -2.52. The SMILES string of the molecule is CC(C)[C@H](NC(=O)C1(Cl)SC=C(Cl)C1Cl)C(=O)O. The summed E-state index contributed by atoms with van der Waals surface area (Å²) in [6, 6.07) is -1.02. The number of thioether (sulfide) groups is 1. The van der Waals surface area contributed by atoms with Gasteiger partial charge in [-0.1, -0.05) is 48.8 Å². The van der Waals surface area contributed by atoms with Crippen LogP contribution in [-0.4, -0.2) is 32.6 Å². The Bertz CT molecular complexity index is 402. The molecule has 2 unspecified atom stereocenters. The van der Waals surface area contributed by atoms with Crippen LogP contribution < -0.4 is 5.32 Å². The number of carbonyl (C=O) groups excluding carboxylic acids is 1. The van der Waals surface area contributed by atoms with Crippen molar-refractivity contribution in [2.45, 2.75) is 29.5 Å². The van der Waals surface area contributed by atoms with Crippen LogP contribution in [0.5, 0.6) is 0 Å². The second-order valence-corrected chi connectivity index (χ2v) is 6.97. The van der Waals surface area contributed by atoms with Crippen LogP contribution in [0.1, 0.15) is 13.8 Å². The van der Waals surface area contributed by atoms with Crippen molar-refractivity contribution in [3.63, 3.8) is 0 Å². The number of alkyl halides is 2. The van der Waals surface area contributed by atoms with Crippen molar-refractivity contribution in [1.82, 2.24) is 5.32 Å². The van der Waals surface area contributed by atoms with E-state index >= 15 is 0 Å². The Hall–Kier alpha value is -0.100. The van der Waals surface area contributed by atoms with Gasteiger partial charge >= 0.3 is 5.97 Å². The highest BCUT2D eigenvalue weighted by Crippen LogP contribution is 2.48. The first-order chi connectivity index (χ1) is 8.20. The topological polar surface area (TPSA) is 66.4 Å². The minimum absolute atomic E-state index is 0.267. The normalized spacial score (nSPS) is 29.0. The molecule has 0 fully saturated rings.